The normalized spacial score (nSPS) is 15.9. The smallest absolute Gasteiger partial charge is 0.251 e. The number of anilines is 1. The summed E-state index contributed by atoms with van der Waals surface area (Å²) >= 11 is 0. The average molecular weight is 550 g/mol. The van der Waals surface area contributed by atoms with E-state index in [-0.39, 0.29) is 24.3 Å². The molecule has 1 amide bonds. The summed E-state index contributed by atoms with van der Waals surface area (Å²) in [5, 5.41) is 3.62. The number of hydrogen-bond donors (Lipinski definition) is 1. The molecule has 1 atom stereocenters. The predicted molar refractivity (Wildman–Crippen MR) is 147 cm³/mol. The van der Waals surface area contributed by atoms with Crippen LogP contribution in [0.5, 0.6) is 0 Å². The molecule has 4 heterocycles. The highest BCUT2D eigenvalue weighted by molar-refractivity contribution is 7.89. The molecule has 1 aliphatic heterocycles. The lowest BCUT2D eigenvalue weighted by molar-refractivity contribution is 0.0529. The summed E-state index contributed by atoms with van der Waals surface area (Å²) in [5.41, 5.74) is 3.23. The SMILES string of the molecule is C[C@H]1CN(c2cc(F)cc(-c3ccc4cnc(CNC(=O)c5ccc(CS(C)(=O)=O)cc5)cc4n3)n2)CCO1. The van der Waals surface area contributed by atoms with Gasteiger partial charge in [-0.2, -0.15) is 0 Å². The monoisotopic (exact) mass is 549 g/mol. The number of sulfone groups is 1. The number of carbonyl (C=O) groups excluding carboxylic acids is 1. The van der Waals surface area contributed by atoms with Crippen molar-refractivity contribution < 1.29 is 22.3 Å². The van der Waals surface area contributed by atoms with E-state index in [9.17, 15) is 17.6 Å². The van der Waals surface area contributed by atoms with E-state index in [0.717, 1.165) is 5.39 Å². The molecule has 1 N–H and O–H groups in total. The number of rotatable bonds is 7. The minimum absolute atomic E-state index is 0.0386. The Balaban J connectivity index is 1.31. The Morgan fingerprint density at radius 2 is 1.90 bits per heavy atom. The topological polar surface area (TPSA) is 114 Å². The third kappa shape index (κ3) is 6.73. The molecule has 39 heavy (non-hydrogen) atoms. The van der Waals surface area contributed by atoms with Crippen molar-refractivity contribution in [2.45, 2.75) is 25.3 Å². The van der Waals surface area contributed by atoms with Crippen molar-refractivity contribution in [3.63, 3.8) is 0 Å². The van der Waals surface area contributed by atoms with Gasteiger partial charge in [-0.05, 0) is 42.8 Å². The van der Waals surface area contributed by atoms with E-state index in [1.165, 1.54) is 18.4 Å². The van der Waals surface area contributed by atoms with Gasteiger partial charge in [0, 0.05) is 48.6 Å². The Morgan fingerprint density at radius 3 is 2.64 bits per heavy atom. The van der Waals surface area contributed by atoms with Gasteiger partial charge in [0.1, 0.15) is 11.6 Å². The number of carbonyl (C=O) groups is 1. The van der Waals surface area contributed by atoms with Gasteiger partial charge in [-0.25, -0.2) is 22.8 Å². The van der Waals surface area contributed by atoms with E-state index in [1.54, 1.807) is 42.6 Å². The molecule has 1 aromatic carbocycles. The largest absolute Gasteiger partial charge is 0.375 e. The number of pyridine rings is 3. The number of hydrogen-bond acceptors (Lipinski definition) is 8. The lowest BCUT2D eigenvalue weighted by atomic mass is 10.1. The Bertz CT molecular complexity index is 1630. The molecule has 0 radical (unpaired) electrons. The number of nitrogens with zero attached hydrogens (tertiary/aromatic N) is 4. The lowest BCUT2D eigenvalue weighted by Gasteiger charge is -2.32. The van der Waals surface area contributed by atoms with Crippen molar-refractivity contribution >= 4 is 32.5 Å². The molecule has 4 aromatic rings. The summed E-state index contributed by atoms with van der Waals surface area (Å²) in [5.74, 6) is -0.231. The van der Waals surface area contributed by atoms with Crippen LogP contribution in [0.2, 0.25) is 0 Å². The summed E-state index contributed by atoms with van der Waals surface area (Å²) in [6, 6.07) is 14.6. The second kappa shape index (κ2) is 11.0. The maximum absolute atomic E-state index is 14.6. The molecule has 1 fully saturated rings. The summed E-state index contributed by atoms with van der Waals surface area (Å²) in [6.07, 6.45) is 2.88. The van der Waals surface area contributed by atoms with Crippen LogP contribution in [0.1, 0.15) is 28.5 Å². The highest BCUT2D eigenvalue weighted by Crippen LogP contribution is 2.25. The van der Waals surface area contributed by atoms with Gasteiger partial charge in [-0.3, -0.25) is 9.78 Å². The zero-order valence-electron chi connectivity index (χ0n) is 21.6. The van der Waals surface area contributed by atoms with E-state index in [2.05, 4.69) is 15.3 Å². The molecule has 0 spiro atoms. The van der Waals surface area contributed by atoms with Gasteiger partial charge in [0.15, 0.2) is 9.84 Å². The van der Waals surface area contributed by atoms with Crippen molar-refractivity contribution in [3.8, 4) is 11.4 Å². The van der Waals surface area contributed by atoms with Gasteiger partial charge in [0.05, 0.1) is 47.6 Å². The van der Waals surface area contributed by atoms with E-state index in [1.807, 2.05) is 17.9 Å². The van der Waals surface area contributed by atoms with Crippen molar-refractivity contribution in [2.24, 2.45) is 0 Å². The summed E-state index contributed by atoms with van der Waals surface area (Å²) < 4.78 is 43.1. The van der Waals surface area contributed by atoms with Gasteiger partial charge in [0.25, 0.3) is 5.91 Å². The van der Waals surface area contributed by atoms with Gasteiger partial charge < -0.3 is 15.0 Å². The Labute approximate surface area is 226 Å². The van der Waals surface area contributed by atoms with Gasteiger partial charge in [-0.15, -0.1) is 0 Å². The standard InChI is InChI=1S/C28H28FN5O4S/c1-18-16-34(9-10-38-18)27-12-22(29)11-26(33-27)24-8-7-21-14-30-23(13-25(21)32-24)15-31-28(35)20-5-3-19(4-6-20)17-39(2,36)37/h3-8,11-14,18H,9-10,15-17H2,1-2H3,(H,31,35)/t18-/m0/s1. The van der Waals surface area contributed by atoms with Crippen LogP contribution in [0.25, 0.3) is 22.3 Å². The second-order valence-electron chi connectivity index (χ2n) is 9.67. The number of halogens is 1. The Kier molecular flexibility index (Phi) is 7.53. The van der Waals surface area contributed by atoms with Crippen LogP contribution in [0.15, 0.2) is 60.8 Å². The summed E-state index contributed by atoms with van der Waals surface area (Å²) in [7, 11) is -3.15. The van der Waals surface area contributed by atoms with Crippen molar-refractivity contribution in [1.29, 1.82) is 0 Å². The second-order valence-corrected chi connectivity index (χ2v) is 11.8. The third-order valence-corrected chi connectivity index (χ3v) is 7.17. The Morgan fingerprint density at radius 1 is 1.10 bits per heavy atom. The average Bonchev–Trinajstić information content (AvgIpc) is 2.90. The molecule has 11 heteroatoms. The summed E-state index contributed by atoms with van der Waals surface area (Å²) in [6.45, 7) is 3.97. The highest BCUT2D eigenvalue weighted by atomic mass is 32.2. The van der Waals surface area contributed by atoms with Crippen LogP contribution < -0.4 is 10.2 Å². The highest BCUT2D eigenvalue weighted by Gasteiger charge is 2.20. The number of aromatic nitrogens is 3. The van der Waals surface area contributed by atoms with Crippen molar-refractivity contribution in [2.75, 3.05) is 30.9 Å². The zero-order valence-corrected chi connectivity index (χ0v) is 22.4. The van der Waals surface area contributed by atoms with Crippen molar-refractivity contribution in [3.05, 3.63) is 83.4 Å². The van der Waals surface area contributed by atoms with Gasteiger partial charge in [-0.1, -0.05) is 12.1 Å². The molecular formula is C28H28FN5O4S. The maximum atomic E-state index is 14.6. The molecule has 0 unspecified atom stereocenters. The quantitative estimate of drug-likeness (QED) is 0.373. The molecule has 1 aliphatic rings. The molecule has 1 saturated heterocycles. The Hall–Kier alpha value is -3.96. The number of ether oxygens (including phenoxy) is 1. The molecule has 0 aliphatic carbocycles. The number of nitrogens with one attached hydrogen (secondary N) is 1. The fourth-order valence-electron chi connectivity index (χ4n) is 4.43. The van der Waals surface area contributed by atoms with E-state index in [0.29, 0.717) is 59.2 Å². The van der Waals surface area contributed by atoms with Gasteiger partial charge in [0.2, 0.25) is 0 Å². The van der Waals surface area contributed by atoms with Crippen LogP contribution >= 0.6 is 0 Å². The third-order valence-electron chi connectivity index (χ3n) is 6.31. The number of benzene rings is 1. The molecule has 202 valence electrons. The van der Waals surface area contributed by atoms with E-state index in [4.69, 9.17) is 9.72 Å². The fourth-order valence-corrected chi connectivity index (χ4v) is 5.23. The van der Waals surface area contributed by atoms with E-state index < -0.39 is 15.7 Å². The molecule has 9 nitrogen and oxygen atoms in total. The molecular weight excluding hydrogens is 521 g/mol. The van der Waals surface area contributed by atoms with Crippen LogP contribution in [0.4, 0.5) is 10.2 Å². The molecule has 5 rings (SSSR count). The molecule has 0 bridgehead atoms. The first kappa shape index (κ1) is 26.6. The van der Waals surface area contributed by atoms with Crippen molar-refractivity contribution in [1.82, 2.24) is 20.3 Å². The summed E-state index contributed by atoms with van der Waals surface area (Å²) in [4.78, 5) is 28.4. The zero-order chi connectivity index (χ0) is 27.6. The number of amides is 1. The minimum Gasteiger partial charge on any atom is -0.375 e. The van der Waals surface area contributed by atoms with Crippen LogP contribution in [-0.4, -0.2) is 61.3 Å². The maximum Gasteiger partial charge on any atom is 0.251 e. The first-order valence-electron chi connectivity index (χ1n) is 12.5. The van der Waals surface area contributed by atoms with E-state index >= 15 is 0 Å². The number of fused-ring (bicyclic) bond motifs is 1. The molecule has 0 saturated carbocycles. The van der Waals surface area contributed by atoms with Crippen LogP contribution in [0, 0.1) is 5.82 Å². The minimum atomic E-state index is -3.15. The fraction of sp³-hybridized carbons (Fsp3) is 0.286. The van der Waals surface area contributed by atoms with Gasteiger partial charge >= 0.3 is 0 Å². The lowest BCUT2D eigenvalue weighted by Crippen LogP contribution is -2.41. The van der Waals surface area contributed by atoms with Crippen LogP contribution in [-0.2, 0) is 26.9 Å². The van der Waals surface area contributed by atoms with Crippen LogP contribution in [0.3, 0.4) is 0 Å². The first-order valence-corrected chi connectivity index (χ1v) is 14.5. The number of morpholine rings is 1. The predicted octanol–water partition coefficient (Wildman–Crippen LogP) is 3.53. The molecule has 3 aromatic heterocycles. The first-order chi connectivity index (χ1) is 18.6.